The largest absolute Gasteiger partial charge is 0.354 e. The molecule has 0 spiro atoms. The van der Waals surface area contributed by atoms with Gasteiger partial charge in [-0.25, -0.2) is 13.1 Å². The van der Waals surface area contributed by atoms with Gasteiger partial charge in [-0.2, -0.15) is 0 Å². The number of hydrogen-bond donors (Lipinski definition) is 1. The third-order valence-corrected chi connectivity index (χ3v) is 5.99. The van der Waals surface area contributed by atoms with Crippen molar-refractivity contribution in [2.75, 3.05) is 0 Å². The quantitative estimate of drug-likeness (QED) is 0.890. The van der Waals surface area contributed by atoms with Gasteiger partial charge >= 0.3 is 0 Å². The van der Waals surface area contributed by atoms with Crippen molar-refractivity contribution >= 4 is 21.4 Å². The Kier molecular flexibility index (Phi) is 4.44. The average Bonchev–Trinajstić information content (AvgIpc) is 2.96. The van der Waals surface area contributed by atoms with E-state index in [1.807, 2.05) is 26.2 Å². The van der Waals surface area contributed by atoms with Crippen LogP contribution in [0.3, 0.4) is 0 Å². The van der Waals surface area contributed by atoms with Crippen LogP contribution in [0, 0.1) is 0 Å². The Balaban J connectivity index is 1.91. The summed E-state index contributed by atoms with van der Waals surface area (Å²) in [6.07, 6.45) is 3.63. The van der Waals surface area contributed by atoms with E-state index in [0.29, 0.717) is 4.21 Å². The molecule has 0 unspecified atom stereocenters. The lowest BCUT2D eigenvalue weighted by molar-refractivity contribution is 0.545. The maximum atomic E-state index is 12.0. The summed E-state index contributed by atoms with van der Waals surface area (Å²) in [6.45, 7) is 1.90. The van der Waals surface area contributed by atoms with E-state index in [4.69, 9.17) is 0 Å². The van der Waals surface area contributed by atoms with Crippen molar-refractivity contribution in [1.29, 1.82) is 0 Å². The second-order valence-electron chi connectivity index (χ2n) is 4.60. The van der Waals surface area contributed by atoms with Crippen LogP contribution in [-0.4, -0.2) is 19.0 Å². The van der Waals surface area contributed by atoms with Crippen LogP contribution in [0.4, 0.5) is 0 Å². The van der Waals surface area contributed by atoms with E-state index in [2.05, 4.69) is 15.4 Å². The van der Waals surface area contributed by atoms with Crippen molar-refractivity contribution in [3.8, 4) is 0 Å². The number of nitrogens with one attached hydrogen (secondary N) is 1. The Labute approximate surface area is 118 Å². The van der Waals surface area contributed by atoms with E-state index >= 15 is 0 Å². The topological polar surface area (TPSA) is 51.1 Å². The summed E-state index contributed by atoms with van der Waals surface area (Å²) in [5.74, 6) is 0. The van der Waals surface area contributed by atoms with Crippen molar-refractivity contribution < 1.29 is 8.42 Å². The molecule has 0 amide bonds. The molecule has 0 aliphatic carbocycles. The number of sulfonamides is 1. The molecule has 1 atom stereocenters. The minimum Gasteiger partial charge on any atom is -0.354 e. The standard InChI is InChI=1S/C13H18N2O2S2/c1-11(7-8-12-5-3-9-15(12)2)14-19(16,17)13-6-4-10-18-13/h3-6,9-11,14H,7-8H2,1-2H3/t11-/m1/s1. The Morgan fingerprint density at radius 3 is 2.74 bits per heavy atom. The highest BCUT2D eigenvalue weighted by Gasteiger charge is 2.18. The molecule has 2 aromatic rings. The predicted octanol–water partition coefficient (Wildman–Crippen LogP) is 2.39. The van der Waals surface area contributed by atoms with E-state index in [1.54, 1.807) is 17.5 Å². The van der Waals surface area contributed by atoms with Gasteiger partial charge in [0.15, 0.2) is 0 Å². The van der Waals surface area contributed by atoms with Gasteiger partial charge in [0.1, 0.15) is 4.21 Å². The molecule has 1 N–H and O–H groups in total. The Hall–Kier alpha value is -1.11. The number of aromatic nitrogens is 1. The molecular formula is C13H18N2O2S2. The van der Waals surface area contributed by atoms with Gasteiger partial charge in [0.25, 0.3) is 0 Å². The molecular weight excluding hydrogens is 280 g/mol. The Morgan fingerprint density at radius 2 is 2.16 bits per heavy atom. The molecule has 0 aromatic carbocycles. The molecule has 0 radical (unpaired) electrons. The molecule has 2 rings (SSSR count). The molecule has 0 saturated carbocycles. The van der Waals surface area contributed by atoms with Crippen molar-refractivity contribution in [3.05, 3.63) is 41.5 Å². The lowest BCUT2D eigenvalue weighted by atomic mass is 10.1. The fraction of sp³-hybridized carbons (Fsp3) is 0.385. The molecule has 6 heteroatoms. The molecule has 0 bridgehead atoms. The van der Waals surface area contributed by atoms with Gasteiger partial charge in [-0.05, 0) is 43.3 Å². The normalized spacial score (nSPS) is 13.6. The van der Waals surface area contributed by atoms with Crippen LogP contribution < -0.4 is 4.72 Å². The van der Waals surface area contributed by atoms with E-state index in [9.17, 15) is 8.42 Å². The van der Waals surface area contributed by atoms with Crippen molar-refractivity contribution in [1.82, 2.24) is 9.29 Å². The van der Waals surface area contributed by atoms with Crippen molar-refractivity contribution in [2.45, 2.75) is 30.0 Å². The first-order valence-corrected chi connectivity index (χ1v) is 8.51. The second-order valence-corrected chi connectivity index (χ2v) is 7.49. The molecule has 0 aliphatic heterocycles. The SMILES string of the molecule is C[C@H](CCc1cccn1C)NS(=O)(=O)c1cccs1. The predicted molar refractivity (Wildman–Crippen MR) is 77.8 cm³/mol. The average molecular weight is 298 g/mol. The van der Waals surface area contributed by atoms with Crippen LogP contribution in [0.25, 0.3) is 0 Å². The number of thiophene rings is 1. The van der Waals surface area contributed by atoms with Crippen LogP contribution in [0.5, 0.6) is 0 Å². The van der Waals surface area contributed by atoms with E-state index in [0.717, 1.165) is 12.8 Å². The van der Waals surface area contributed by atoms with Crippen LogP contribution in [0.1, 0.15) is 19.0 Å². The summed E-state index contributed by atoms with van der Waals surface area (Å²) >= 11 is 1.24. The van der Waals surface area contributed by atoms with Crippen LogP contribution in [0.2, 0.25) is 0 Å². The summed E-state index contributed by atoms with van der Waals surface area (Å²) in [5.41, 5.74) is 1.21. The molecule has 19 heavy (non-hydrogen) atoms. The fourth-order valence-corrected chi connectivity index (χ4v) is 4.21. The zero-order valence-electron chi connectivity index (χ0n) is 11.0. The molecule has 2 aromatic heterocycles. The summed E-state index contributed by atoms with van der Waals surface area (Å²) in [5, 5.41) is 1.77. The molecule has 0 aliphatic rings. The van der Waals surface area contributed by atoms with Gasteiger partial charge in [-0.15, -0.1) is 11.3 Å². The Morgan fingerprint density at radius 1 is 1.37 bits per heavy atom. The minimum atomic E-state index is -3.36. The third kappa shape index (κ3) is 3.68. The smallest absolute Gasteiger partial charge is 0.250 e. The lowest BCUT2D eigenvalue weighted by Gasteiger charge is -2.13. The van der Waals surface area contributed by atoms with Gasteiger partial charge in [-0.1, -0.05) is 6.07 Å². The second kappa shape index (κ2) is 5.90. The first-order valence-electron chi connectivity index (χ1n) is 6.15. The van der Waals surface area contributed by atoms with E-state index in [-0.39, 0.29) is 6.04 Å². The van der Waals surface area contributed by atoms with E-state index < -0.39 is 10.0 Å². The number of nitrogens with zero attached hydrogens (tertiary/aromatic N) is 1. The maximum absolute atomic E-state index is 12.0. The minimum absolute atomic E-state index is 0.0815. The van der Waals surface area contributed by atoms with Gasteiger partial charge in [0, 0.05) is 25.0 Å². The summed E-state index contributed by atoms with van der Waals surface area (Å²) < 4.78 is 29.2. The third-order valence-electron chi connectivity index (χ3n) is 3.00. The van der Waals surface area contributed by atoms with Gasteiger partial charge in [0.2, 0.25) is 10.0 Å². The summed E-state index contributed by atoms with van der Waals surface area (Å²) in [4.78, 5) is 0. The first kappa shape index (κ1) is 14.3. The number of aryl methyl sites for hydroxylation is 2. The van der Waals surface area contributed by atoms with E-state index in [1.165, 1.54) is 17.0 Å². The molecule has 0 fully saturated rings. The number of rotatable bonds is 6. The van der Waals surface area contributed by atoms with Gasteiger partial charge in [-0.3, -0.25) is 0 Å². The van der Waals surface area contributed by atoms with Crippen LogP contribution >= 0.6 is 11.3 Å². The van der Waals surface area contributed by atoms with Crippen LogP contribution in [0.15, 0.2) is 40.1 Å². The Bertz CT molecular complexity index is 615. The van der Waals surface area contributed by atoms with Gasteiger partial charge < -0.3 is 4.57 Å². The molecule has 104 valence electrons. The highest BCUT2D eigenvalue weighted by molar-refractivity contribution is 7.91. The van der Waals surface area contributed by atoms with Crippen molar-refractivity contribution in [3.63, 3.8) is 0 Å². The molecule has 4 nitrogen and oxygen atoms in total. The highest BCUT2D eigenvalue weighted by atomic mass is 32.2. The number of hydrogen-bond acceptors (Lipinski definition) is 3. The molecule has 2 heterocycles. The van der Waals surface area contributed by atoms with Crippen LogP contribution in [-0.2, 0) is 23.5 Å². The lowest BCUT2D eigenvalue weighted by Crippen LogP contribution is -2.32. The zero-order chi connectivity index (χ0) is 13.9. The summed E-state index contributed by atoms with van der Waals surface area (Å²) in [6, 6.07) is 7.34. The van der Waals surface area contributed by atoms with Crippen molar-refractivity contribution in [2.24, 2.45) is 7.05 Å². The maximum Gasteiger partial charge on any atom is 0.250 e. The van der Waals surface area contributed by atoms with Gasteiger partial charge in [0.05, 0.1) is 0 Å². The fourth-order valence-electron chi connectivity index (χ4n) is 1.92. The highest BCUT2D eigenvalue weighted by Crippen LogP contribution is 2.16. The monoisotopic (exact) mass is 298 g/mol. The summed E-state index contributed by atoms with van der Waals surface area (Å²) in [7, 11) is -1.36. The zero-order valence-corrected chi connectivity index (χ0v) is 12.7. The first-order chi connectivity index (χ1) is 8.99. The molecule has 0 saturated heterocycles.